The number of allylic oxidation sites excluding steroid dienone is 4. The van der Waals surface area contributed by atoms with Crippen LogP contribution >= 0.6 is 11.8 Å². The summed E-state index contributed by atoms with van der Waals surface area (Å²) < 4.78 is 27.9. The van der Waals surface area contributed by atoms with Gasteiger partial charge in [0.2, 0.25) is 5.91 Å². The minimum absolute atomic E-state index is 0.0204. The van der Waals surface area contributed by atoms with Crippen LogP contribution < -0.4 is 10.2 Å². The van der Waals surface area contributed by atoms with E-state index in [2.05, 4.69) is 4.72 Å². The standard InChI is InChI=1S/C16H16N2O4S2/c19-15(17-20)9-11-5-7-13(8-6-11)18-24(21,22)16-10-12-3-1-2-4-14(12)23-16/h1-8,10,12,14,18,20H,9H2,(H,17,19). The number of anilines is 1. The predicted molar refractivity (Wildman–Crippen MR) is 93.8 cm³/mol. The van der Waals surface area contributed by atoms with Gasteiger partial charge in [-0.25, -0.2) is 13.9 Å². The van der Waals surface area contributed by atoms with Crippen molar-refractivity contribution in [1.82, 2.24) is 5.48 Å². The summed E-state index contributed by atoms with van der Waals surface area (Å²) in [4.78, 5) is 11.1. The van der Waals surface area contributed by atoms with Crippen LogP contribution in [0.4, 0.5) is 5.69 Å². The smallest absolute Gasteiger partial charge is 0.267 e. The molecule has 1 amide bonds. The summed E-state index contributed by atoms with van der Waals surface area (Å²) in [6, 6.07) is 6.44. The van der Waals surface area contributed by atoms with E-state index in [1.807, 2.05) is 24.3 Å². The summed E-state index contributed by atoms with van der Waals surface area (Å²) in [5.74, 6) is -0.425. The van der Waals surface area contributed by atoms with Crippen molar-refractivity contribution < 1.29 is 18.4 Å². The highest BCUT2D eigenvalue weighted by Gasteiger charge is 2.32. The second-order valence-corrected chi connectivity index (χ2v) is 8.56. The summed E-state index contributed by atoms with van der Waals surface area (Å²) >= 11 is 1.33. The van der Waals surface area contributed by atoms with Gasteiger partial charge in [0.1, 0.15) is 4.24 Å². The second kappa shape index (κ2) is 6.84. The van der Waals surface area contributed by atoms with E-state index in [1.165, 1.54) is 11.8 Å². The second-order valence-electron chi connectivity index (χ2n) is 5.43. The molecule has 0 aromatic heterocycles. The van der Waals surface area contributed by atoms with Crippen molar-refractivity contribution in [3.63, 3.8) is 0 Å². The molecule has 3 rings (SSSR count). The summed E-state index contributed by atoms with van der Waals surface area (Å²) in [5.41, 5.74) is 2.64. The Morgan fingerprint density at radius 2 is 1.88 bits per heavy atom. The number of hydrogen-bond donors (Lipinski definition) is 3. The van der Waals surface area contributed by atoms with E-state index in [9.17, 15) is 13.2 Å². The molecule has 0 spiro atoms. The maximum atomic E-state index is 12.5. The number of hydroxylamine groups is 1. The van der Waals surface area contributed by atoms with E-state index in [4.69, 9.17) is 5.21 Å². The van der Waals surface area contributed by atoms with Crippen LogP contribution in [0.5, 0.6) is 0 Å². The minimum Gasteiger partial charge on any atom is -0.289 e. The van der Waals surface area contributed by atoms with Gasteiger partial charge >= 0.3 is 0 Å². The number of amides is 1. The number of thioether (sulfide) groups is 1. The number of sulfonamides is 1. The van der Waals surface area contributed by atoms with Gasteiger partial charge in [0.05, 0.1) is 6.42 Å². The zero-order valence-electron chi connectivity index (χ0n) is 12.5. The maximum Gasteiger partial charge on any atom is 0.267 e. The molecule has 126 valence electrons. The first-order valence-corrected chi connectivity index (χ1v) is 9.62. The predicted octanol–water partition coefficient (Wildman–Crippen LogP) is 2.18. The molecule has 0 saturated heterocycles. The van der Waals surface area contributed by atoms with Crippen molar-refractivity contribution >= 4 is 33.4 Å². The van der Waals surface area contributed by atoms with E-state index < -0.39 is 15.9 Å². The highest BCUT2D eigenvalue weighted by molar-refractivity contribution is 8.19. The molecule has 1 heterocycles. The monoisotopic (exact) mass is 364 g/mol. The van der Waals surface area contributed by atoms with E-state index >= 15 is 0 Å². The topological polar surface area (TPSA) is 95.5 Å². The van der Waals surface area contributed by atoms with Crippen LogP contribution in [-0.4, -0.2) is 24.8 Å². The number of benzene rings is 1. The molecule has 1 aliphatic heterocycles. The number of hydrogen-bond acceptors (Lipinski definition) is 5. The molecule has 0 fully saturated rings. The quantitative estimate of drug-likeness (QED) is 0.550. The first kappa shape index (κ1) is 16.8. The molecule has 6 nitrogen and oxygen atoms in total. The van der Waals surface area contributed by atoms with Crippen molar-refractivity contribution in [2.75, 3.05) is 4.72 Å². The van der Waals surface area contributed by atoms with Gasteiger partial charge in [-0.3, -0.25) is 14.7 Å². The zero-order chi connectivity index (χ0) is 17.2. The van der Waals surface area contributed by atoms with Crippen molar-refractivity contribution in [2.45, 2.75) is 11.7 Å². The average Bonchev–Trinajstić information content (AvgIpc) is 3.01. The van der Waals surface area contributed by atoms with E-state index in [-0.39, 0.29) is 17.6 Å². The van der Waals surface area contributed by atoms with Crippen molar-refractivity contribution in [3.8, 4) is 0 Å². The lowest BCUT2D eigenvalue weighted by Gasteiger charge is -2.13. The lowest BCUT2D eigenvalue weighted by molar-refractivity contribution is -0.128. The molecular formula is C16H16N2O4S2. The van der Waals surface area contributed by atoms with Gasteiger partial charge in [-0.1, -0.05) is 36.4 Å². The molecule has 0 radical (unpaired) electrons. The van der Waals surface area contributed by atoms with Gasteiger partial charge < -0.3 is 0 Å². The van der Waals surface area contributed by atoms with Crippen LogP contribution in [0, 0.1) is 5.92 Å². The highest BCUT2D eigenvalue weighted by atomic mass is 32.3. The number of rotatable bonds is 5. The Morgan fingerprint density at radius 3 is 2.54 bits per heavy atom. The summed E-state index contributed by atoms with van der Waals surface area (Å²) in [7, 11) is -3.62. The third kappa shape index (κ3) is 3.72. The molecule has 0 saturated carbocycles. The van der Waals surface area contributed by atoms with Gasteiger partial charge in [-0.2, -0.15) is 0 Å². The van der Waals surface area contributed by atoms with Gasteiger partial charge in [0.15, 0.2) is 0 Å². The fraction of sp³-hybridized carbons (Fsp3) is 0.188. The zero-order valence-corrected chi connectivity index (χ0v) is 14.2. The lowest BCUT2D eigenvalue weighted by Crippen LogP contribution is -2.20. The maximum absolute atomic E-state index is 12.5. The van der Waals surface area contributed by atoms with Crippen molar-refractivity contribution in [1.29, 1.82) is 0 Å². The molecule has 1 aromatic rings. The van der Waals surface area contributed by atoms with Gasteiger partial charge in [-0.15, -0.1) is 11.8 Å². The van der Waals surface area contributed by atoms with Gasteiger partial charge in [-0.05, 0) is 23.8 Å². The van der Waals surface area contributed by atoms with Crippen LogP contribution in [0.1, 0.15) is 5.56 Å². The summed E-state index contributed by atoms with van der Waals surface area (Å²) in [6.07, 6.45) is 9.61. The van der Waals surface area contributed by atoms with Crippen molar-refractivity contribution in [3.05, 3.63) is 64.4 Å². The van der Waals surface area contributed by atoms with E-state index in [0.717, 1.165) is 0 Å². The number of nitrogens with one attached hydrogen (secondary N) is 2. The van der Waals surface area contributed by atoms with Gasteiger partial charge in [0.25, 0.3) is 10.0 Å². The molecule has 1 aliphatic carbocycles. The Balaban J connectivity index is 1.70. The molecule has 0 bridgehead atoms. The molecule has 8 heteroatoms. The Morgan fingerprint density at radius 1 is 1.17 bits per heavy atom. The fourth-order valence-electron chi connectivity index (χ4n) is 2.48. The summed E-state index contributed by atoms with van der Waals surface area (Å²) in [6.45, 7) is 0. The molecule has 24 heavy (non-hydrogen) atoms. The molecule has 1 aromatic carbocycles. The number of carbonyl (C=O) groups excluding carboxylic acids is 1. The van der Waals surface area contributed by atoms with Gasteiger partial charge in [0, 0.05) is 16.9 Å². The van der Waals surface area contributed by atoms with Crippen molar-refractivity contribution in [2.24, 2.45) is 5.92 Å². The summed E-state index contributed by atoms with van der Waals surface area (Å²) in [5, 5.41) is 8.63. The van der Waals surface area contributed by atoms with Crippen LogP contribution in [0.25, 0.3) is 0 Å². The number of fused-ring (bicyclic) bond motifs is 1. The molecule has 2 atom stereocenters. The lowest BCUT2D eigenvalue weighted by atomic mass is 10.0. The third-order valence-corrected chi connectivity index (χ3v) is 6.89. The first-order chi connectivity index (χ1) is 11.5. The molecule has 3 N–H and O–H groups in total. The van der Waals surface area contributed by atoms with Crippen LogP contribution in [-0.2, 0) is 21.2 Å². The normalized spacial score (nSPS) is 22.0. The highest BCUT2D eigenvalue weighted by Crippen LogP contribution is 2.42. The van der Waals surface area contributed by atoms with Crippen LogP contribution in [0.15, 0.2) is 58.9 Å². The fourth-order valence-corrected chi connectivity index (χ4v) is 5.32. The molecule has 2 unspecified atom stereocenters. The molecular weight excluding hydrogens is 348 g/mol. The first-order valence-electron chi connectivity index (χ1n) is 7.26. The Labute approximate surface area is 144 Å². The van der Waals surface area contributed by atoms with Crippen LogP contribution in [0.3, 0.4) is 0 Å². The largest absolute Gasteiger partial charge is 0.289 e. The number of carbonyl (C=O) groups is 1. The average molecular weight is 364 g/mol. The molecule has 2 aliphatic rings. The Hall–Kier alpha value is -2.03. The third-order valence-electron chi connectivity index (χ3n) is 3.67. The van der Waals surface area contributed by atoms with E-state index in [0.29, 0.717) is 15.5 Å². The minimum atomic E-state index is -3.62. The Kier molecular flexibility index (Phi) is 4.79. The SMILES string of the molecule is O=C(Cc1ccc(NS(=O)(=O)C2=CC3C=CC=CC3S2)cc1)NO. The Bertz CT molecular complexity index is 826. The van der Waals surface area contributed by atoms with E-state index in [1.54, 1.807) is 35.8 Å². The van der Waals surface area contributed by atoms with Crippen LogP contribution in [0.2, 0.25) is 0 Å².